The number of hydrogen-bond acceptors (Lipinski definition) is 5. The van der Waals surface area contributed by atoms with Crippen LogP contribution in [0.15, 0.2) is 24.3 Å². The fraction of sp³-hybridized carbons (Fsp3) is 0.611. The Morgan fingerprint density at radius 2 is 1.87 bits per heavy atom. The minimum Gasteiger partial charge on any atom is -0.493 e. The number of aldehydes is 1. The highest BCUT2D eigenvalue weighted by atomic mass is 16.5. The molecule has 2 atom stereocenters. The third-order valence-corrected chi connectivity index (χ3v) is 4.75. The van der Waals surface area contributed by atoms with E-state index >= 15 is 0 Å². The Morgan fingerprint density at radius 1 is 1.26 bits per heavy atom. The summed E-state index contributed by atoms with van der Waals surface area (Å²) in [5, 5.41) is 0. The molecule has 0 aromatic heterocycles. The number of carbonyl (C=O) groups excluding carboxylic acids is 1. The van der Waals surface area contributed by atoms with Gasteiger partial charge in [0.05, 0.1) is 6.61 Å². The molecular weight excluding hydrogens is 290 g/mol. The molecule has 1 aliphatic heterocycles. The van der Waals surface area contributed by atoms with Gasteiger partial charge in [-0.1, -0.05) is 32.4 Å². The van der Waals surface area contributed by atoms with Gasteiger partial charge in [0.15, 0.2) is 11.9 Å². The molecule has 1 heterocycles. The fourth-order valence-corrected chi connectivity index (χ4v) is 2.68. The molecule has 1 fully saturated rings. The second-order valence-electron chi connectivity index (χ2n) is 6.58. The highest BCUT2D eigenvalue weighted by molar-refractivity contribution is 5.67. The average Bonchev–Trinajstić information content (AvgIpc) is 2.60. The summed E-state index contributed by atoms with van der Waals surface area (Å²) in [6.45, 7) is 8.44. The van der Waals surface area contributed by atoms with Gasteiger partial charge in [-0.25, -0.2) is 0 Å². The zero-order valence-corrected chi connectivity index (χ0v) is 14.5. The monoisotopic (exact) mass is 319 g/mol. The Kier molecular flexibility index (Phi) is 6.16. The summed E-state index contributed by atoms with van der Waals surface area (Å²) in [5.74, 6) is 1.35. The number of nitrogens with zero attached hydrogens (tertiary/aromatic N) is 2. The summed E-state index contributed by atoms with van der Waals surface area (Å²) >= 11 is 0. The lowest BCUT2D eigenvalue weighted by molar-refractivity contribution is -0.120. The van der Waals surface area contributed by atoms with E-state index in [0.717, 1.165) is 50.2 Å². The smallest absolute Gasteiger partial charge is 0.159 e. The van der Waals surface area contributed by atoms with E-state index in [9.17, 15) is 4.79 Å². The first-order chi connectivity index (χ1) is 11.0. The van der Waals surface area contributed by atoms with Crippen LogP contribution in [-0.4, -0.2) is 55.9 Å². The molecule has 1 aromatic rings. The highest BCUT2D eigenvalue weighted by Gasteiger charge is 2.35. The van der Waals surface area contributed by atoms with Gasteiger partial charge in [-0.2, -0.15) is 0 Å². The average molecular weight is 319 g/mol. The maximum Gasteiger partial charge on any atom is 0.159 e. The lowest BCUT2D eigenvalue weighted by atomic mass is 9.98. The zero-order chi connectivity index (χ0) is 16.9. The van der Waals surface area contributed by atoms with Gasteiger partial charge in [-0.3, -0.25) is 9.69 Å². The molecule has 0 unspecified atom stereocenters. The van der Waals surface area contributed by atoms with Crippen LogP contribution in [0.5, 0.6) is 5.75 Å². The molecule has 1 saturated heterocycles. The standard InChI is InChI=1S/C18H29N3O2/c1-4-15(2)13-23-17-7-5-16(6-8-17)18(19,14-22)21-11-9-20(3)10-12-21/h5-8,14-15H,4,9-13,19H2,1-3H3/t15-,18-/m0/s1. The lowest BCUT2D eigenvalue weighted by Gasteiger charge is -2.42. The van der Waals surface area contributed by atoms with Crippen LogP contribution in [0, 0.1) is 5.92 Å². The van der Waals surface area contributed by atoms with E-state index in [0.29, 0.717) is 12.5 Å². The van der Waals surface area contributed by atoms with Crippen LogP contribution in [0.4, 0.5) is 0 Å². The van der Waals surface area contributed by atoms with E-state index in [1.165, 1.54) is 0 Å². The van der Waals surface area contributed by atoms with Crippen molar-refractivity contribution in [1.29, 1.82) is 0 Å². The molecule has 0 radical (unpaired) electrons. The van der Waals surface area contributed by atoms with Crippen molar-refractivity contribution in [2.24, 2.45) is 11.7 Å². The largest absolute Gasteiger partial charge is 0.493 e. The first kappa shape index (κ1) is 17.9. The van der Waals surface area contributed by atoms with Gasteiger partial charge in [0.25, 0.3) is 0 Å². The number of carbonyl (C=O) groups is 1. The Morgan fingerprint density at radius 3 is 2.39 bits per heavy atom. The Hall–Kier alpha value is -1.43. The van der Waals surface area contributed by atoms with Crippen LogP contribution < -0.4 is 10.5 Å². The molecule has 5 heteroatoms. The third-order valence-electron chi connectivity index (χ3n) is 4.75. The van der Waals surface area contributed by atoms with Crippen LogP contribution in [0.25, 0.3) is 0 Å². The molecule has 0 saturated carbocycles. The van der Waals surface area contributed by atoms with Crippen LogP contribution in [0.3, 0.4) is 0 Å². The van der Waals surface area contributed by atoms with Crippen LogP contribution in [-0.2, 0) is 10.5 Å². The van der Waals surface area contributed by atoms with Crippen molar-refractivity contribution in [3.8, 4) is 5.75 Å². The van der Waals surface area contributed by atoms with Gasteiger partial charge >= 0.3 is 0 Å². The number of rotatable bonds is 7. The van der Waals surface area contributed by atoms with E-state index in [1.807, 2.05) is 24.3 Å². The number of ether oxygens (including phenoxy) is 1. The number of benzene rings is 1. The molecule has 128 valence electrons. The molecule has 5 nitrogen and oxygen atoms in total. The van der Waals surface area contributed by atoms with Gasteiger partial charge in [0.1, 0.15) is 5.75 Å². The molecule has 0 spiro atoms. The SMILES string of the molecule is CC[C@H](C)COc1ccc([C@](N)(C=O)N2CCN(C)CC2)cc1. The zero-order valence-electron chi connectivity index (χ0n) is 14.5. The van der Waals surface area contributed by atoms with Crippen molar-refractivity contribution in [2.45, 2.75) is 25.9 Å². The summed E-state index contributed by atoms with van der Waals surface area (Å²) in [5.41, 5.74) is 6.18. The summed E-state index contributed by atoms with van der Waals surface area (Å²) in [7, 11) is 2.08. The summed E-state index contributed by atoms with van der Waals surface area (Å²) in [6.07, 6.45) is 1.95. The van der Waals surface area contributed by atoms with Crippen LogP contribution in [0.2, 0.25) is 0 Å². The molecule has 23 heavy (non-hydrogen) atoms. The molecule has 1 aromatic carbocycles. The third kappa shape index (κ3) is 4.31. The first-order valence-electron chi connectivity index (χ1n) is 8.41. The predicted molar refractivity (Wildman–Crippen MR) is 92.4 cm³/mol. The fourth-order valence-electron chi connectivity index (χ4n) is 2.68. The minimum atomic E-state index is -1.06. The number of piperazine rings is 1. The topological polar surface area (TPSA) is 58.8 Å². The summed E-state index contributed by atoms with van der Waals surface area (Å²) < 4.78 is 5.77. The highest BCUT2D eigenvalue weighted by Crippen LogP contribution is 2.25. The van der Waals surface area contributed by atoms with Gasteiger partial charge in [0, 0.05) is 26.2 Å². The predicted octanol–water partition coefficient (Wildman–Crippen LogP) is 1.67. The molecule has 2 N–H and O–H groups in total. The van der Waals surface area contributed by atoms with E-state index in [2.05, 4.69) is 30.7 Å². The molecule has 2 rings (SSSR count). The lowest BCUT2D eigenvalue weighted by Crippen LogP contribution is -2.60. The molecule has 1 aliphatic rings. The molecule has 0 aliphatic carbocycles. The number of nitrogens with two attached hydrogens (primary N) is 1. The van der Waals surface area contributed by atoms with Crippen molar-refractivity contribution < 1.29 is 9.53 Å². The van der Waals surface area contributed by atoms with E-state index < -0.39 is 5.66 Å². The van der Waals surface area contributed by atoms with Crippen LogP contribution in [0.1, 0.15) is 25.8 Å². The summed E-state index contributed by atoms with van der Waals surface area (Å²) in [4.78, 5) is 16.0. The Balaban J connectivity index is 2.07. The second kappa shape index (κ2) is 7.90. The second-order valence-corrected chi connectivity index (χ2v) is 6.58. The number of likely N-dealkylation sites (N-methyl/N-ethyl adjacent to an activating group) is 1. The van der Waals surface area contributed by atoms with Crippen molar-refractivity contribution >= 4 is 6.29 Å². The normalized spacial score (nSPS) is 20.7. The number of hydrogen-bond donors (Lipinski definition) is 1. The van der Waals surface area contributed by atoms with Crippen molar-refractivity contribution in [3.05, 3.63) is 29.8 Å². The molecule has 0 amide bonds. The van der Waals surface area contributed by atoms with Gasteiger partial charge in [-0.15, -0.1) is 0 Å². The van der Waals surface area contributed by atoms with E-state index in [1.54, 1.807) is 0 Å². The Labute approximate surface area is 139 Å². The van der Waals surface area contributed by atoms with Gasteiger partial charge in [-0.05, 0) is 30.7 Å². The van der Waals surface area contributed by atoms with E-state index in [-0.39, 0.29) is 0 Å². The summed E-state index contributed by atoms with van der Waals surface area (Å²) in [6, 6.07) is 7.61. The molecule has 0 bridgehead atoms. The van der Waals surface area contributed by atoms with Crippen molar-refractivity contribution in [1.82, 2.24) is 9.80 Å². The van der Waals surface area contributed by atoms with Gasteiger partial charge in [0.2, 0.25) is 0 Å². The van der Waals surface area contributed by atoms with Gasteiger partial charge < -0.3 is 15.4 Å². The van der Waals surface area contributed by atoms with Crippen molar-refractivity contribution in [3.63, 3.8) is 0 Å². The Bertz CT molecular complexity index is 497. The first-order valence-corrected chi connectivity index (χ1v) is 8.41. The molecular formula is C18H29N3O2. The maximum atomic E-state index is 11.7. The quantitative estimate of drug-likeness (QED) is 0.775. The maximum absolute atomic E-state index is 11.7. The van der Waals surface area contributed by atoms with Crippen LogP contribution >= 0.6 is 0 Å². The minimum absolute atomic E-state index is 0.531. The van der Waals surface area contributed by atoms with Crippen molar-refractivity contribution in [2.75, 3.05) is 39.8 Å². The van der Waals surface area contributed by atoms with E-state index in [4.69, 9.17) is 10.5 Å².